The Morgan fingerprint density at radius 3 is 2.33 bits per heavy atom. The van der Waals surface area contributed by atoms with Gasteiger partial charge in [-0.3, -0.25) is 10.0 Å². The number of hydroxylamine groups is 1. The van der Waals surface area contributed by atoms with Crippen molar-refractivity contribution in [3.05, 3.63) is 77.3 Å². The highest BCUT2D eigenvalue weighted by molar-refractivity contribution is 7.89. The summed E-state index contributed by atoms with van der Waals surface area (Å²) < 4.78 is 29.0. The molecule has 6 nitrogen and oxygen atoms in total. The first kappa shape index (κ1) is 23.7. The lowest BCUT2D eigenvalue weighted by Crippen LogP contribution is -2.38. The van der Waals surface area contributed by atoms with Gasteiger partial charge in [-0.05, 0) is 66.1 Å². The van der Waals surface area contributed by atoms with Gasteiger partial charge in [-0.15, -0.1) is 0 Å². The maximum Gasteiger partial charge on any atom is 0.246 e. The molecule has 0 heterocycles. The minimum Gasteiger partial charge on any atom is -0.289 e. The van der Waals surface area contributed by atoms with Crippen LogP contribution in [0.5, 0.6) is 0 Å². The average Bonchev–Trinajstić information content (AvgIpc) is 2.84. The number of benzene rings is 3. The van der Waals surface area contributed by atoms with Crippen molar-refractivity contribution >= 4 is 38.3 Å². The Hall–Kier alpha value is -2.45. The van der Waals surface area contributed by atoms with E-state index in [1.165, 1.54) is 4.31 Å². The molecule has 3 aromatic carbocycles. The van der Waals surface area contributed by atoms with Gasteiger partial charge < -0.3 is 0 Å². The van der Waals surface area contributed by atoms with Crippen LogP contribution in [0.25, 0.3) is 10.8 Å². The lowest BCUT2D eigenvalue weighted by atomic mass is 9.81. The molecule has 0 atom stereocenters. The summed E-state index contributed by atoms with van der Waals surface area (Å²) in [5.41, 5.74) is 2.48. The molecule has 0 saturated heterocycles. The zero-order valence-electron chi connectivity index (χ0n) is 18.2. The second-order valence-corrected chi connectivity index (χ2v) is 10.9. The van der Waals surface area contributed by atoms with Crippen molar-refractivity contribution in [3.63, 3.8) is 0 Å². The van der Waals surface area contributed by atoms with E-state index in [0.717, 1.165) is 16.3 Å². The van der Waals surface area contributed by atoms with Crippen molar-refractivity contribution in [1.29, 1.82) is 0 Å². The summed E-state index contributed by atoms with van der Waals surface area (Å²) in [5.74, 6) is -0.490. The first-order valence-electron chi connectivity index (χ1n) is 11.0. The van der Waals surface area contributed by atoms with E-state index in [-0.39, 0.29) is 29.2 Å². The molecule has 3 aromatic rings. The summed E-state index contributed by atoms with van der Waals surface area (Å²) in [6, 6.07) is 20.1. The SMILES string of the molecule is O=C(NO)C1CCC(CN(Cc2ccccc2Cl)S(=O)(=O)c2ccc3ccccc3c2)CC1. The van der Waals surface area contributed by atoms with Gasteiger partial charge in [-0.1, -0.05) is 60.1 Å². The number of hydrogen-bond acceptors (Lipinski definition) is 4. The van der Waals surface area contributed by atoms with Gasteiger partial charge in [0, 0.05) is 24.0 Å². The van der Waals surface area contributed by atoms with E-state index in [4.69, 9.17) is 16.8 Å². The molecule has 1 saturated carbocycles. The van der Waals surface area contributed by atoms with Crippen LogP contribution in [0.4, 0.5) is 0 Å². The largest absolute Gasteiger partial charge is 0.289 e. The van der Waals surface area contributed by atoms with Crippen molar-refractivity contribution in [1.82, 2.24) is 9.79 Å². The van der Waals surface area contributed by atoms with Crippen LogP contribution < -0.4 is 5.48 Å². The predicted octanol–water partition coefficient (Wildman–Crippen LogP) is 5.00. The molecule has 0 aliphatic heterocycles. The standard InChI is InChI=1S/C25H27ClN2O4S/c26-24-8-4-3-7-22(24)17-28(16-18-9-11-20(12-10-18)25(29)27-30)33(31,32)23-14-13-19-5-1-2-6-21(19)15-23/h1-8,13-15,18,20,30H,9-12,16-17H2,(H,27,29). The Balaban J connectivity index is 1.61. The van der Waals surface area contributed by atoms with Crippen LogP contribution in [-0.4, -0.2) is 30.4 Å². The van der Waals surface area contributed by atoms with Crippen molar-refractivity contribution in [2.75, 3.05) is 6.54 Å². The fourth-order valence-electron chi connectivity index (χ4n) is 4.53. The normalized spacial score (nSPS) is 19.0. The number of amides is 1. The summed E-state index contributed by atoms with van der Waals surface area (Å²) >= 11 is 6.37. The second kappa shape index (κ2) is 10.2. The van der Waals surface area contributed by atoms with E-state index in [9.17, 15) is 13.2 Å². The molecule has 1 aliphatic rings. The molecule has 1 aliphatic carbocycles. The maximum absolute atomic E-state index is 13.8. The number of nitrogens with zero attached hydrogens (tertiary/aromatic N) is 1. The molecule has 0 radical (unpaired) electrons. The highest BCUT2D eigenvalue weighted by atomic mass is 35.5. The minimum atomic E-state index is -3.79. The third-order valence-corrected chi connectivity index (χ3v) is 8.63. The molecule has 2 N–H and O–H groups in total. The number of carbonyl (C=O) groups excluding carboxylic acids is 1. The van der Waals surface area contributed by atoms with Crippen molar-refractivity contribution in [3.8, 4) is 0 Å². The number of nitrogens with one attached hydrogen (secondary N) is 1. The predicted molar refractivity (Wildman–Crippen MR) is 128 cm³/mol. The number of carbonyl (C=O) groups is 1. The highest BCUT2D eigenvalue weighted by Gasteiger charge is 2.32. The summed E-state index contributed by atoms with van der Waals surface area (Å²) in [7, 11) is -3.79. The third kappa shape index (κ3) is 5.38. The number of hydrogen-bond donors (Lipinski definition) is 2. The topological polar surface area (TPSA) is 86.7 Å². The van der Waals surface area contributed by atoms with Crippen LogP contribution in [0.15, 0.2) is 71.6 Å². The highest BCUT2D eigenvalue weighted by Crippen LogP contribution is 2.32. The molecule has 33 heavy (non-hydrogen) atoms. The van der Waals surface area contributed by atoms with E-state index in [1.54, 1.807) is 23.7 Å². The monoisotopic (exact) mass is 486 g/mol. The molecular weight excluding hydrogens is 460 g/mol. The van der Waals surface area contributed by atoms with Crippen molar-refractivity contribution in [2.24, 2.45) is 11.8 Å². The Labute approximate surface area is 199 Å². The van der Waals surface area contributed by atoms with Gasteiger partial charge in [-0.25, -0.2) is 13.9 Å². The molecule has 0 bridgehead atoms. The van der Waals surface area contributed by atoms with Crippen LogP contribution in [-0.2, 0) is 21.4 Å². The van der Waals surface area contributed by atoms with Gasteiger partial charge in [0.15, 0.2) is 0 Å². The summed E-state index contributed by atoms with van der Waals surface area (Å²) in [5, 5.41) is 11.3. The third-order valence-electron chi connectivity index (χ3n) is 6.45. The van der Waals surface area contributed by atoms with Gasteiger partial charge in [0.1, 0.15) is 0 Å². The zero-order valence-corrected chi connectivity index (χ0v) is 19.7. The Bertz CT molecular complexity index is 1240. The van der Waals surface area contributed by atoms with E-state index < -0.39 is 10.0 Å². The Morgan fingerprint density at radius 1 is 0.970 bits per heavy atom. The molecule has 0 spiro atoms. The fourth-order valence-corrected chi connectivity index (χ4v) is 6.25. The number of fused-ring (bicyclic) bond motifs is 1. The lowest BCUT2D eigenvalue weighted by molar-refractivity contribution is -0.134. The van der Waals surface area contributed by atoms with Crippen LogP contribution in [0.2, 0.25) is 5.02 Å². The molecule has 174 valence electrons. The quantitative estimate of drug-likeness (QED) is 0.363. The van der Waals surface area contributed by atoms with Crippen molar-refractivity contribution < 1.29 is 18.4 Å². The minimum absolute atomic E-state index is 0.116. The van der Waals surface area contributed by atoms with Crippen LogP contribution in [0.1, 0.15) is 31.2 Å². The molecule has 1 fully saturated rings. The number of sulfonamides is 1. The van der Waals surface area contributed by atoms with Gasteiger partial charge in [0.25, 0.3) is 0 Å². The molecule has 0 unspecified atom stereocenters. The lowest BCUT2D eigenvalue weighted by Gasteiger charge is -2.32. The van der Waals surface area contributed by atoms with Crippen LogP contribution in [0.3, 0.4) is 0 Å². The molecular formula is C25H27ClN2O4S. The summed E-state index contributed by atoms with van der Waals surface area (Å²) in [6.07, 6.45) is 2.66. The number of halogens is 1. The van der Waals surface area contributed by atoms with Gasteiger partial charge in [-0.2, -0.15) is 4.31 Å². The van der Waals surface area contributed by atoms with Crippen LogP contribution >= 0.6 is 11.6 Å². The van der Waals surface area contributed by atoms with Gasteiger partial charge >= 0.3 is 0 Å². The van der Waals surface area contributed by atoms with E-state index in [0.29, 0.717) is 37.3 Å². The van der Waals surface area contributed by atoms with E-state index in [2.05, 4.69) is 0 Å². The molecule has 1 amide bonds. The van der Waals surface area contributed by atoms with Gasteiger partial charge in [0.2, 0.25) is 15.9 Å². The first-order chi connectivity index (χ1) is 15.9. The maximum atomic E-state index is 13.8. The Kier molecular flexibility index (Phi) is 7.34. The smallest absolute Gasteiger partial charge is 0.246 e. The van der Waals surface area contributed by atoms with Crippen molar-refractivity contribution in [2.45, 2.75) is 37.1 Å². The van der Waals surface area contributed by atoms with E-state index >= 15 is 0 Å². The molecule has 0 aromatic heterocycles. The molecule has 4 rings (SSSR count). The first-order valence-corrected chi connectivity index (χ1v) is 12.9. The fraction of sp³-hybridized carbons (Fsp3) is 0.320. The zero-order chi connectivity index (χ0) is 23.4. The summed E-state index contributed by atoms with van der Waals surface area (Å²) in [6.45, 7) is 0.514. The van der Waals surface area contributed by atoms with Crippen LogP contribution in [0, 0.1) is 11.8 Å². The number of rotatable bonds is 7. The average molecular weight is 487 g/mol. The van der Waals surface area contributed by atoms with Gasteiger partial charge in [0.05, 0.1) is 4.90 Å². The Morgan fingerprint density at radius 2 is 1.64 bits per heavy atom. The second-order valence-electron chi connectivity index (χ2n) is 8.59. The summed E-state index contributed by atoms with van der Waals surface area (Å²) in [4.78, 5) is 12.0. The molecule has 8 heteroatoms. The van der Waals surface area contributed by atoms with E-state index in [1.807, 2.05) is 48.5 Å².